The van der Waals surface area contributed by atoms with Crippen LogP contribution >= 0.6 is 0 Å². The van der Waals surface area contributed by atoms with Crippen molar-refractivity contribution in [3.05, 3.63) is 47.9 Å². The van der Waals surface area contributed by atoms with E-state index in [4.69, 9.17) is 4.42 Å². The summed E-state index contributed by atoms with van der Waals surface area (Å²) in [6.07, 6.45) is 2.83. The molecule has 1 saturated heterocycles. The highest BCUT2D eigenvalue weighted by molar-refractivity contribution is 7.89. The summed E-state index contributed by atoms with van der Waals surface area (Å²) in [6.45, 7) is 2.85. The van der Waals surface area contributed by atoms with Crippen LogP contribution in [0.15, 0.2) is 45.7 Å². The number of nitrogens with one attached hydrogen (secondary N) is 1. The zero-order valence-corrected chi connectivity index (χ0v) is 14.3. The number of sulfonamides is 1. The third kappa shape index (κ3) is 3.52. The molecule has 1 aromatic heterocycles. The number of hydrogen-bond acceptors (Lipinski definition) is 4. The van der Waals surface area contributed by atoms with Crippen LogP contribution in [0.5, 0.6) is 0 Å². The normalized spacial score (nSPS) is 16.0. The summed E-state index contributed by atoms with van der Waals surface area (Å²) in [7, 11) is -3.52. The van der Waals surface area contributed by atoms with Gasteiger partial charge in [-0.3, -0.25) is 4.79 Å². The summed E-state index contributed by atoms with van der Waals surface area (Å²) in [5.41, 5.74) is 0.423. The summed E-state index contributed by atoms with van der Waals surface area (Å²) in [5, 5.41) is 2.67. The Morgan fingerprint density at radius 2 is 1.88 bits per heavy atom. The Balaban J connectivity index is 1.80. The van der Waals surface area contributed by atoms with Crippen LogP contribution in [0.3, 0.4) is 0 Å². The number of carbonyl (C=O) groups excluding carboxylic acids is 1. The number of benzene rings is 1. The predicted octanol–water partition coefficient (Wildman–Crippen LogP) is 3.01. The van der Waals surface area contributed by atoms with E-state index in [1.165, 1.54) is 10.4 Å². The van der Waals surface area contributed by atoms with Crippen LogP contribution in [0.25, 0.3) is 0 Å². The standard InChI is InChI=1S/C17H20N2O4S/c1-13-8-9-16(23-13)17(20)18-14-6-5-7-15(12-14)24(21,22)19-10-3-2-4-11-19/h5-9,12H,2-4,10-11H2,1H3,(H,18,20). The molecule has 1 N–H and O–H groups in total. The first-order valence-electron chi connectivity index (χ1n) is 7.95. The third-order valence-electron chi connectivity index (χ3n) is 4.01. The van der Waals surface area contributed by atoms with Gasteiger partial charge >= 0.3 is 0 Å². The number of anilines is 1. The second-order valence-corrected chi connectivity index (χ2v) is 7.79. The second kappa shape index (κ2) is 6.78. The first-order chi connectivity index (χ1) is 11.5. The third-order valence-corrected chi connectivity index (χ3v) is 5.90. The van der Waals surface area contributed by atoms with Crippen LogP contribution in [-0.4, -0.2) is 31.7 Å². The highest BCUT2D eigenvalue weighted by Gasteiger charge is 2.26. The van der Waals surface area contributed by atoms with E-state index in [1.807, 2.05) is 0 Å². The van der Waals surface area contributed by atoms with Crippen molar-refractivity contribution in [2.75, 3.05) is 18.4 Å². The van der Waals surface area contributed by atoms with Gasteiger partial charge in [-0.2, -0.15) is 4.31 Å². The molecule has 0 unspecified atom stereocenters. The molecular formula is C17H20N2O4S. The van der Waals surface area contributed by atoms with E-state index in [0.717, 1.165) is 19.3 Å². The molecule has 0 spiro atoms. The van der Waals surface area contributed by atoms with Gasteiger partial charge in [0.1, 0.15) is 5.76 Å². The summed E-state index contributed by atoms with van der Waals surface area (Å²) in [5.74, 6) is 0.425. The van der Waals surface area contributed by atoms with E-state index in [1.54, 1.807) is 37.3 Å². The van der Waals surface area contributed by atoms with Crippen LogP contribution in [0.4, 0.5) is 5.69 Å². The minimum atomic E-state index is -3.52. The summed E-state index contributed by atoms with van der Waals surface area (Å²) in [4.78, 5) is 12.3. The molecule has 1 fully saturated rings. The Morgan fingerprint density at radius 1 is 1.12 bits per heavy atom. The maximum Gasteiger partial charge on any atom is 0.291 e. The molecule has 0 bridgehead atoms. The Kier molecular flexibility index (Phi) is 4.73. The smallest absolute Gasteiger partial charge is 0.291 e. The molecule has 24 heavy (non-hydrogen) atoms. The molecular weight excluding hydrogens is 328 g/mol. The molecule has 1 aliphatic rings. The maximum atomic E-state index is 12.7. The van der Waals surface area contributed by atoms with Crippen molar-refractivity contribution >= 4 is 21.6 Å². The van der Waals surface area contributed by atoms with Crippen molar-refractivity contribution in [3.8, 4) is 0 Å². The van der Waals surface area contributed by atoms with Crippen molar-refractivity contribution < 1.29 is 17.6 Å². The number of rotatable bonds is 4. The van der Waals surface area contributed by atoms with Crippen molar-refractivity contribution in [1.29, 1.82) is 0 Å². The van der Waals surface area contributed by atoms with Crippen LogP contribution in [0, 0.1) is 6.92 Å². The van der Waals surface area contributed by atoms with Gasteiger partial charge in [0.05, 0.1) is 4.90 Å². The van der Waals surface area contributed by atoms with Gasteiger partial charge in [0.25, 0.3) is 5.91 Å². The minimum Gasteiger partial charge on any atom is -0.456 e. The molecule has 128 valence electrons. The average molecular weight is 348 g/mol. The second-order valence-electron chi connectivity index (χ2n) is 5.86. The fourth-order valence-electron chi connectivity index (χ4n) is 2.74. The predicted molar refractivity (Wildman–Crippen MR) is 90.5 cm³/mol. The van der Waals surface area contributed by atoms with Gasteiger partial charge in [0, 0.05) is 18.8 Å². The van der Waals surface area contributed by atoms with E-state index in [2.05, 4.69) is 5.32 Å². The van der Waals surface area contributed by atoms with Crippen LogP contribution in [0.2, 0.25) is 0 Å². The van der Waals surface area contributed by atoms with Crippen molar-refractivity contribution in [1.82, 2.24) is 4.31 Å². The summed E-state index contributed by atoms with van der Waals surface area (Å²) in [6, 6.07) is 9.60. The average Bonchev–Trinajstić information content (AvgIpc) is 3.02. The van der Waals surface area contributed by atoms with Gasteiger partial charge in [-0.25, -0.2) is 8.42 Å². The fourth-order valence-corrected chi connectivity index (χ4v) is 4.30. The molecule has 1 amide bonds. The van der Waals surface area contributed by atoms with Crippen molar-refractivity contribution in [2.24, 2.45) is 0 Å². The number of hydrogen-bond donors (Lipinski definition) is 1. The van der Waals surface area contributed by atoms with Crippen LogP contribution in [0.1, 0.15) is 35.6 Å². The number of furan rings is 1. The van der Waals surface area contributed by atoms with Crippen LogP contribution in [-0.2, 0) is 10.0 Å². The number of nitrogens with zero attached hydrogens (tertiary/aromatic N) is 1. The number of amides is 1. The Labute approximate surface area is 141 Å². The molecule has 0 aliphatic carbocycles. The highest BCUT2D eigenvalue weighted by atomic mass is 32.2. The van der Waals surface area contributed by atoms with E-state index in [-0.39, 0.29) is 10.7 Å². The molecule has 1 aromatic carbocycles. The van der Waals surface area contributed by atoms with E-state index in [9.17, 15) is 13.2 Å². The first kappa shape index (κ1) is 16.7. The van der Waals surface area contributed by atoms with Crippen molar-refractivity contribution in [3.63, 3.8) is 0 Å². The Morgan fingerprint density at radius 3 is 2.54 bits per heavy atom. The minimum absolute atomic E-state index is 0.191. The summed E-state index contributed by atoms with van der Waals surface area (Å²) < 4.78 is 32.2. The molecule has 3 rings (SSSR count). The first-order valence-corrected chi connectivity index (χ1v) is 9.39. The maximum absolute atomic E-state index is 12.7. The highest BCUT2D eigenvalue weighted by Crippen LogP contribution is 2.23. The molecule has 1 aliphatic heterocycles. The number of piperidine rings is 1. The fraction of sp³-hybridized carbons (Fsp3) is 0.353. The largest absolute Gasteiger partial charge is 0.456 e. The van der Waals surface area contributed by atoms with E-state index >= 15 is 0 Å². The zero-order valence-electron chi connectivity index (χ0n) is 13.5. The zero-order chi connectivity index (χ0) is 17.2. The Hall–Kier alpha value is -2.12. The van der Waals surface area contributed by atoms with Gasteiger partial charge in [-0.15, -0.1) is 0 Å². The van der Waals surface area contributed by atoms with Gasteiger partial charge in [-0.1, -0.05) is 12.5 Å². The van der Waals surface area contributed by atoms with Crippen molar-refractivity contribution in [2.45, 2.75) is 31.1 Å². The lowest BCUT2D eigenvalue weighted by atomic mass is 10.2. The molecule has 6 nitrogen and oxygen atoms in total. The quantitative estimate of drug-likeness (QED) is 0.921. The lowest BCUT2D eigenvalue weighted by Crippen LogP contribution is -2.35. The molecule has 2 heterocycles. The lowest BCUT2D eigenvalue weighted by molar-refractivity contribution is 0.0995. The molecule has 0 atom stereocenters. The van der Waals surface area contributed by atoms with Gasteiger partial charge in [0.2, 0.25) is 10.0 Å². The van der Waals surface area contributed by atoms with E-state index < -0.39 is 15.9 Å². The molecule has 2 aromatic rings. The molecule has 0 radical (unpaired) electrons. The van der Waals surface area contributed by atoms with Crippen LogP contribution < -0.4 is 5.32 Å². The van der Waals surface area contributed by atoms with E-state index in [0.29, 0.717) is 24.5 Å². The Bertz CT molecular complexity index is 836. The van der Waals surface area contributed by atoms with Gasteiger partial charge in [0.15, 0.2) is 5.76 Å². The summed E-state index contributed by atoms with van der Waals surface area (Å²) >= 11 is 0. The monoisotopic (exact) mass is 348 g/mol. The number of aryl methyl sites for hydroxylation is 1. The van der Waals surface area contributed by atoms with Gasteiger partial charge < -0.3 is 9.73 Å². The molecule has 0 saturated carbocycles. The SMILES string of the molecule is Cc1ccc(C(=O)Nc2cccc(S(=O)(=O)N3CCCCC3)c2)o1. The van der Waals surface area contributed by atoms with Gasteiger partial charge in [-0.05, 0) is 50.1 Å². The lowest BCUT2D eigenvalue weighted by Gasteiger charge is -2.26. The number of carbonyl (C=O) groups is 1. The molecule has 7 heteroatoms. The topological polar surface area (TPSA) is 79.6 Å².